The van der Waals surface area contributed by atoms with E-state index in [1.54, 1.807) is 0 Å². The van der Waals surface area contributed by atoms with Crippen molar-refractivity contribution in [2.45, 2.75) is 39.7 Å². The van der Waals surface area contributed by atoms with Crippen molar-refractivity contribution >= 4 is 16.7 Å². The summed E-state index contributed by atoms with van der Waals surface area (Å²) in [6, 6.07) is 0.668. The molecule has 0 amide bonds. The van der Waals surface area contributed by atoms with E-state index in [0.29, 0.717) is 6.04 Å². The number of nitrogens with zero attached hydrogens (tertiary/aromatic N) is 3. The predicted molar refractivity (Wildman–Crippen MR) is 72.6 cm³/mol. The molecule has 1 aromatic rings. The maximum Gasteiger partial charge on any atom is 0.202 e. The number of hydrogen-bond acceptors (Lipinski definition) is 5. The van der Waals surface area contributed by atoms with Crippen molar-refractivity contribution < 1.29 is 0 Å². The van der Waals surface area contributed by atoms with E-state index >= 15 is 0 Å². The fraction of sp³-hybridized carbons (Fsp3) is 0.833. The maximum absolute atomic E-state index is 4.34. The van der Waals surface area contributed by atoms with Crippen LogP contribution in [0.1, 0.15) is 32.5 Å². The van der Waals surface area contributed by atoms with Crippen molar-refractivity contribution in [1.29, 1.82) is 0 Å². The monoisotopic (exact) mass is 254 g/mol. The van der Waals surface area contributed by atoms with Gasteiger partial charge in [-0.1, -0.05) is 13.8 Å². The first-order valence-corrected chi connectivity index (χ1v) is 7.20. The van der Waals surface area contributed by atoms with Crippen LogP contribution in [-0.4, -0.2) is 39.9 Å². The zero-order valence-electron chi connectivity index (χ0n) is 10.9. The fourth-order valence-corrected chi connectivity index (χ4v) is 2.99. The fourth-order valence-electron chi connectivity index (χ4n) is 2.41. The van der Waals surface area contributed by atoms with Gasteiger partial charge in [0.1, 0.15) is 5.82 Å². The van der Waals surface area contributed by atoms with Crippen LogP contribution in [0.15, 0.2) is 0 Å². The lowest BCUT2D eigenvalue weighted by Crippen LogP contribution is -2.37. The molecular weight excluding hydrogens is 232 g/mol. The highest BCUT2D eigenvalue weighted by Gasteiger charge is 2.24. The second-order valence-electron chi connectivity index (χ2n) is 5.21. The van der Waals surface area contributed by atoms with E-state index < -0.39 is 0 Å². The average molecular weight is 254 g/mol. The van der Waals surface area contributed by atoms with Gasteiger partial charge >= 0.3 is 0 Å². The molecule has 0 saturated carbocycles. The largest absolute Gasteiger partial charge is 0.359 e. The van der Waals surface area contributed by atoms with Crippen LogP contribution in [0, 0.1) is 12.8 Å². The van der Waals surface area contributed by atoms with Gasteiger partial charge < -0.3 is 5.32 Å². The number of aryl methyl sites for hydroxylation is 1. The van der Waals surface area contributed by atoms with Gasteiger partial charge in [0.05, 0.1) is 0 Å². The lowest BCUT2D eigenvalue weighted by Gasteiger charge is -2.26. The Balaban J connectivity index is 1.81. The first-order valence-electron chi connectivity index (χ1n) is 6.43. The lowest BCUT2D eigenvalue weighted by molar-refractivity contribution is 0.234. The van der Waals surface area contributed by atoms with Gasteiger partial charge in [0.15, 0.2) is 0 Å². The number of aromatic nitrogens is 2. The summed E-state index contributed by atoms with van der Waals surface area (Å²) >= 11 is 1.46. The summed E-state index contributed by atoms with van der Waals surface area (Å²) in [5, 5.41) is 4.37. The molecule has 1 aromatic heterocycles. The van der Waals surface area contributed by atoms with Gasteiger partial charge in [0, 0.05) is 30.7 Å². The standard InChI is InChI=1S/C12H22N4S/c1-9(2)8-16-6-4-5-11(16)7-13-12-14-10(3)15-17-12/h9,11H,4-8H2,1-3H3,(H,13,14,15)/t11-/m0/s1. The normalized spacial score (nSPS) is 21.3. The molecule has 0 aliphatic carbocycles. The molecule has 17 heavy (non-hydrogen) atoms. The summed E-state index contributed by atoms with van der Waals surface area (Å²) < 4.78 is 4.18. The quantitative estimate of drug-likeness (QED) is 0.876. The van der Waals surface area contributed by atoms with Crippen LogP contribution >= 0.6 is 11.5 Å². The molecule has 1 saturated heterocycles. The Bertz CT molecular complexity index is 350. The zero-order valence-corrected chi connectivity index (χ0v) is 11.8. The van der Waals surface area contributed by atoms with Gasteiger partial charge in [-0.25, -0.2) is 4.98 Å². The second-order valence-corrected chi connectivity index (χ2v) is 5.96. The highest BCUT2D eigenvalue weighted by molar-refractivity contribution is 7.09. The summed E-state index contributed by atoms with van der Waals surface area (Å²) in [6.45, 7) is 9.97. The number of nitrogens with one attached hydrogen (secondary N) is 1. The van der Waals surface area contributed by atoms with Crippen LogP contribution in [0.2, 0.25) is 0 Å². The molecule has 1 aliphatic rings. The lowest BCUT2D eigenvalue weighted by atomic mass is 10.1. The first-order chi connectivity index (χ1) is 8.15. The molecule has 5 heteroatoms. The van der Waals surface area contributed by atoms with Crippen LogP contribution in [0.3, 0.4) is 0 Å². The Morgan fingerprint density at radius 1 is 1.53 bits per heavy atom. The molecular formula is C12H22N4S. The minimum Gasteiger partial charge on any atom is -0.359 e. The second kappa shape index (κ2) is 5.78. The van der Waals surface area contributed by atoms with Crippen molar-refractivity contribution in [1.82, 2.24) is 14.3 Å². The minimum absolute atomic E-state index is 0.668. The van der Waals surface area contributed by atoms with E-state index in [1.807, 2.05) is 6.92 Å². The smallest absolute Gasteiger partial charge is 0.202 e. The Morgan fingerprint density at radius 2 is 2.35 bits per heavy atom. The third kappa shape index (κ3) is 3.64. The molecule has 2 rings (SSSR count). The Morgan fingerprint density at radius 3 is 3.00 bits per heavy atom. The van der Waals surface area contributed by atoms with Gasteiger partial charge in [-0.05, 0) is 32.2 Å². The average Bonchev–Trinajstić information content (AvgIpc) is 2.84. The van der Waals surface area contributed by atoms with Crippen LogP contribution in [0.5, 0.6) is 0 Å². The highest BCUT2D eigenvalue weighted by Crippen LogP contribution is 2.19. The summed E-state index contributed by atoms with van der Waals surface area (Å²) in [6.07, 6.45) is 2.63. The number of likely N-dealkylation sites (tertiary alicyclic amines) is 1. The molecule has 1 aliphatic heterocycles. The molecule has 1 atom stereocenters. The van der Waals surface area contributed by atoms with E-state index in [4.69, 9.17) is 0 Å². The van der Waals surface area contributed by atoms with Crippen LogP contribution < -0.4 is 5.32 Å². The summed E-state index contributed by atoms with van der Waals surface area (Å²) in [7, 11) is 0. The van der Waals surface area contributed by atoms with Gasteiger partial charge in [-0.3, -0.25) is 4.90 Å². The summed E-state index contributed by atoms with van der Waals surface area (Å²) in [5.41, 5.74) is 0. The number of rotatable bonds is 5. The van der Waals surface area contributed by atoms with Crippen molar-refractivity contribution in [2.75, 3.05) is 25.0 Å². The number of hydrogen-bond donors (Lipinski definition) is 1. The third-order valence-electron chi connectivity index (χ3n) is 3.12. The molecule has 0 spiro atoms. The Hall–Kier alpha value is -0.680. The molecule has 0 radical (unpaired) electrons. The minimum atomic E-state index is 0.668. The van der Waals surface area contributed by atoms with E-state index in [0.717, 1.165) is 23.4 Å². The van der Waals surface area contributed by atoms with Crippen LogP contribution in [0.4, 0.5) is 5.13 Å². The number of anilines is 1. The van der Waals surface area contributed by atoms with Gasteiger partial charge in [0.2, 0.25) is 5.13 Å². The molecule has 0 bridgehead atoms. The van der Waals surface area contributed by atoms with Crippen molar-refractivity contribution in [3.8, 4) is 0 Å². The summed E-state index contributed by atoms with van der Waals surface area (Å²) in [4.78, 5) is 6.94. The van der Waals surface area contributed by atoms with Gasteiger partial charge in [0.25, 0.3) is 0 Å². The first kappa shape index (κ1) is 12.8. The van der Waals surface area contributed by atoms with E-state index in [2.05, 4.69) is 33.4 Å². The predicted octanol–water partition coefficient (Wildman–Crippen LogP) is 2.38. The van der Waals surface area contributed by atoms with Crippen molar-refractivity contribution in [3.63, 3.8) is 0 Å². The van der Waals surface area contributed by atoms with Gasteiger partial charge in [-0.15, -0.1) is 0 Å². The maximum atomic E-state index is 4.34. The molecule has 2 heterocycles. The molecule has 0 aromatic carbocycles. The topological polar surface area (TPSA) is 41.1 Å². The van der Waals surface area contributed by atoms with Crippen molar-refractivity contribution in [2.24, 2.45) is 5.92 Å². The Kier molecular flexibility index (Phi) is 4.34. The van der Waals surface area contributed by atoms with Crippen LogP contribution in [0.25, 0.3) is 0 Å². The molecule has 1 N–H and O–H groups in total. The third-order valence-corrected chi connectivity index (χ3v) is 3.88. The van der Waals surface area contributed by atoms with Gasteiger partial charge in [-0.2, -0.15) is 4.37 Å². The highest BCUT2D eigenvalue weighted by atomic mass is 32.1. The van der Waals surface area contributed by atoms with Crippen LogP contribution in [-0.2, 0) is 0 Å². The SMILES string of the molecule is Cc1nsc(NC[C@@H]2CCCN2CC(C)C)n1. The molecule has 0 unspecified atom stereocenters. The van der Waals surface area contributed by atoms with E-state index in [1.165, 1.54) is 37.5 Å². The van der Waals surface area contributed by atoms with Crippen molar-refractivity contribution in [3.05, 3.63) is 5.82 Å². The molecule has 96 valence electrons. The molecule has 1 fully saturated rings. The summed E-state index contributed by atoms with van der Waals surface area (Å²) in [5.74, 6) is 1.61. The molecule has 4 nitrogen and oxygen atoms in total. The van der Waals surface area contributed by atoms with E-state index in [-0.39, 0.29) is 0 Å². The zero-order chi connectivity index (χ0) is 12.3. The Labute approximate surface area is 108 Å². The van der Waals surface area contributed by atoms with E-state index in [9.17, 15) is 0 Å².